The molecule has 0 atom stereocenters. The highest BCUT2D eigenvalue weighted by atomic mass is 35.5. The Labute approximate surface area is 91.9 Å². The Morgan fingerprint density at radius 2 is 2.13 bits per heavy atom. The van der Waals surface area contributed by atoms with Gasteiger partial charge in [0.05, 0.1) is 11.7 Å². The maximum Gasteiger partial charge on any atom is 0.129 e. The highest BCUT2D eigenvalue weighted by Crippen LogP contribution is 2.28. The molecule has 0 amide bonds. The average molecular weight is 217 g/mol. The van der Waals surface area contributed by atoms with Gasteiger partial charge in [-0.15, -0.1) is 0 Å². The van der Waals surface area contributed by atoms with Gasteiger partial charge >= 0.3 is 0 Å². The summed E-state index contributed by atoms with van der Waals surface area (Å²) in [6.45, 7) is 2.10. The molecule has 0 aliphatic heterocycles. The van der Waals surface area contributed by atoms with Crippen molar-refractivity contribution >= 4 is 33.4 Å². The van der Waals surface area contributed by atoms with Gasteiger partial charge in [0.25, 0.3) is 0 Å². The van der Waals surface area contributed by atoms with Gasteiger partial charge in [-0.3, -0.25) is 0 Å². The van der Waals surface area contributed by atoms with E-state index in [4.69, 9.17) is 11.6 Å². The van der Waals surface area contributed by atoms with E-state index in [1.807, 2.05) is 12.1 Å². The molecule has 15 heavy (non-hydrogen) atoms. The van der Waals surface area contributed by atoms with Crippen LogP contribution in [0.2, 0.25) is 5.15 Å². The van der Waals surface area contributed by atoms with Crippen LogP contribution in [0.25, 0.3) is 21.8 Å². The van der Waals surface area contributed by atoms with Gasteiger partial charge in [0.2, 0.25) is 0 Å². The monoisotopic (exact) mass is 216 g/mol. The first kappa shape index (κ1) is 8.74. The summed E-state index contributed by atoms with van der Waals surface area (Å²) in [6.07, 6.45) is 1.77. The molecule has 2 heterocycles. The number of fused-ring (bicyclic) bond motifs is 3. The second-order valence-electron chi connectivity index (χ2n) is 3.68. The molecular formula is C12H9ClN2. The van der Waals surface area contributed by atoms with Gasteiger partial charge in [-0.2, -0.15) is 0 Å². The van der Waals surface area contributed by atoms with E-state index in [2.05, 4.69) is 29.0 Å². The second-order valence-corrected chi connectivity index (χ2v) is 4.06. The number of benzene rings is 1. The Morgan fingerprint density at radius 1 is 1.27 bits per heavy atom. The van der Waals surface area contributed by atoms with Gasteiger partial charge < -0.3 is 4.98 Å². The molecule has 3 rings (SSSR count). The Balaban J connectivity index is 2.61. The topological polar surface area (TPSA) is 28.7 Å². The van der Waals surface area contributed by atoms with Gasteiger partial charge in [-0.25, -0.2) is 4.98 Å². The summed E-state index contributed by atoms with van der Waals surface area (Å²) in [4.78, 5) is 7.39. The third-order valence-corrected chi connectivity index (χ3v) is 2.89. The molecule has 0 spiro atoms. The molecule has 3 heteroatoms. The highest BCUT2D eigenvalue weighted by molar-refractivity contribution is 6.30. The number of hydrogen-bond acceptors (Lipinski definition) is 1. The summed E-state index contributed by atoms with van der Waals surface area (Å²) in [5.41, 5.74) is 3.42. The number of rotatable bonds is 0. The van der Waals surface area contributed by atoms with E-state index in [9.17, 15) is 0 Å². The number of nitrogens with one attached hydrogen (secondary N) is 1. The molecule has 0 unspecified atom stereocenters. The number of halogens is 1. The van der Waals surface area contributed by atoms with Crippen molar-refractivity contribution in [3.63, 3.8) is 0 Å². The Bertz CT molecular complexity index is 655. The summed E-state index contributed by atoms with van der Waals surface area (Å²) in [5.74, 6) is 0. The summed E-state index contributed by atoms with van der Waals surface area (Å²) in [5, 5.41) is 2.91. The minimum atomic E-state index is 0.534. The van der Waals surface area contributed by atoms with Crippen molar-refractivity contribution in [2.45, 2.75) is 6.92 Å². The van der Waals surface area contributed by atoms with Crippen molar-refractivity contribution in [2.24, 2.45) is 0 Å². The van der Waals surface area contributed by atoms with Crippen LogP contribution in [0.3, 0.4) is 0 Å². The van der Waals surface area contributed by atoms with E-state index in [1.54, 1.807) is 6.20 Å². The number of hydrogen-bond donors (Lipinski definition) is 1. The lowest BCUT2D eigenvalue weighted by molar-refractivity contribution is 1.35. The van der Waals surface area contributed by atoms with Crippen molar-refractivity contribution in [1.29, 1.82) is 0 Å². The first-order chi connectivity index (χ1) is 7.25. The SMILES string of the molecule is Cc1cccc2[nH]c3cnc(Cl)cc3c12. The maximum atomic E-state index is 5.90. The van der Waals surface area contributed by atoms with Gasteiger partial charge in [0.15, 0.2) is 0 Å². The molecule has 0 aliphatic rings. The minimum absolute atomic E-state index is 0.534. The number of H-pyrrole nitrogens is 1. The second kappa shape index (κ2) is 2.97. The lowest BCUT2D eigenvalue weighted by Crippen LogP contribution is -1.75. The first-order valence-electron chi connectivity index (χ1n) is 4.78. The van der Waals surface area contributed by atoms with E-state index in [1.165, 1.54) is 10.9 Å². The molecule has 0 saturated heterocycles. The molecule has 0 bridgehead atoms. The predicted molar refractivity (Wildman–Crippen MR) is 63.3 cm³/mol. The Hall–Kier alpha value is -1.54. The van der Waals surface area contributed by atoms with Crippen molar-refractivity contribution in [2.75, 3.05) is 0 Å². The molecule has 0 radical (unpaired) electrons. The molecule has 74 valence electrons. The lowest BCUT2D eigenvalue weighted by Gasteiger charge is -1.95. The molecule has 2 aromatic heterocycles. The quantitative estimate of drug-likeness (QED) is 0.571. The summed E-state index contributed by atoms with van der Waals surface area (Å²) in [7, 11) is 0. The van der Waals surface area contributed by atoms with Gasteiger partial charge in [0, 0.05) is 16.3 Å². The fourth-order valence-corrected chi connectivity index (χ4v) is 2.17. The average Bonchev–Trinajstić information content (AvgIpc) is 2.57. The van der Waals surface area contributed by atoms with Crippen LogP contribution >= 0.6 is 11.6 Å². The van der Waals surface area contributed by atoms with Crippen LogP contribution in [-0.4, -0.2) is 9.97 Å². The van der Waals surface area contributed by atoms with Gasteiger partial charge in [-0.1, -0.05) is 23.7 Å². The number of aryl methyl sites for hydroxylation is 1. The van der Waals surface area contributed by atoms with Crippen molar-refractivity contribution in [1.82, 2.24) is 9.97 Å². The van der Waals surface area contributed by atoms with E-state index in [-0.39, 0.29) is 0 Å². The van der Waals surface area contributed by atoms with Crippen molar-refractivity contribution < 1.29 is 0 Å². The summed E-state index contributed by atoms with van der Waals surface area (Å²) >= 11 is 5.90. The van der Waals surface area contributed by atoms with Crippen molar-refractivity contribution in [3.05, 3.63) is 41.2 Å². The molecular weight excluding hydrogens is 208 g/mol. The number of nitrogens with zero attached hydrogens (tertiary/aromatic N) is 1. The van der Waals surface area contributed by atoms with Crippen LogP contribution in [0.1, 0.15) is 5.56 Å². The van der Waals surface area contributed by atoms with E-state index in [0.29, 0.717) is 5.15 Å². The van der Waals surface area contributed by atoms with Crippen molar-refractivity contribution in [3.8, 4) is 0 Å². The predicted octanol–water partition coefficient (Wildman–Crippen LogP) is 3.68. The third-order valence-electron chi connectivity index (χ3n) is 2.68. The third kappa shape index (κ3) is 1.22. The molecule has 0 aliphatic carbocycles. The zero-order valence-electron chi connectivity index (χ0n) is 8.21. The smallest absolute Gasteiger partial charge is 0.129 e. The fourth-order valence-electron chi connectivity index (χ4n) is 2.01. The number of aromatic nitrogens is 2. The maximum absolute atomic E-state index is 5.90. The molecule has 2 nitrogen and oxygen atoms in total. The summed E-state index contributed by atoms with van der Waals surface area (Å²) < 4.78 is 0. The van der Waals surface area contributed by atoms with Gasteiger partial charge in [0.1, 0.15) is 5.15 Å². The Kier molecular flexibility index (Phi) is 1.73. The summed E-state index contributed by atoms with van der Waals surface area (Å²) in [6, 6.07) is 8.12. The first-order valence-corrected chi connectivity index (χ1v) is 5.16. The lowest BCUT2D eigenvalue weighted by atomic mass is 10.1. The van der Waals surface area contributed by atoms with E-state index >= 15 is 0 Å². The normalized spacial score (nSPS) is 11.3. The highest BCUT2D eigenvalue weighted by Gasteiger charge is 2.06. The number of aromatic amines is 1. The zero-order valence-corrected chi connectivity index (χ0v) is 8.97. The van der Waals surface area contributed by atoms with Crippen LogP contribution in [0.4, 0.5) is 0 Å². The van der Waals surface area contributed by atoms with E-state index in [0.717, 1.165) is 16.4 Å². The van der Waals surface area contributed by atoms with Crippen LogP contribution in [-0.2, 0) is 0 Å². The van der Waals surface area contributed by atoms with Crippen LogP contribution < -0.4 is 0 Å². The molecule has 0 saturated carbocycles. The number of pyridine rings is 1. The zero-order chi connectivity index (χ0) is 10.4. The molecule has 1 aromatic carbocycles. The van der Waals surface area contributed by atoms with Crippen LogP contribution in [0.5, 0.6) is 0 Å². The molecule has 0 fully saturated rings. The molecule has 3 aromatic rings. The van der Waals surface area contributed by atoms with E-state index < -0.39 is 0 Å². The largest absolute Gasteiger partial charge is 0.353 e. The molecule has 1 N–H and O–H groups in total. The fraction of sp³-hybridized carbons (Fsp3) is 0.0833. The van der Waals surface area contributed by atoms with Crippen LogP contribution in [0, 0.1) is 6.92 Å². The van der Waals surface area contributed by atoms with Crippen LogP contribution in [0.15, 0.2) is 30.5 Å². The van der Waals surface area contributed by atoms with Gasteiger partial charge in [-0.05, 0) is 24.6 Å². The minimum Gasteiger partial charge on any atom is -0.353 e. The Morgan fingerprint density at radius 3 is 3.00 bits per heavy atom. The standard InChI is InChI=1S/C12H9ClN2/c1-7-3-2-4-9-12(7)8-5-11(13)14-6-10(8)15-9/h2-6,15H,1H3.